The second kappa shape index (κ2) is 9.82. The number of carbonyl (C=O) groups excluding carboxylic acids is 1. The van der Waals surface area contributed by atoms with Gasteiger partial charge in [0.05, 0.1) is 39.3 Å². The number of nitrogens with one attached hydrogen (secondary N) is 2. The first-order chi connectivity index (χ1) is 15.8. The number of para-hydroxylation sites is 2. The van der Waals surface area contributed by atoms with Gasteiger partial charge in [-0.2, -0.15) is 0 Å². The van der Waals surface area contributed by atoms with Crippen LogP contribution in [0.1, 0.15) is 5.56 Å². The highest BCUT2D eigenvalue weighted by molar-refractivity contribution is 8.01. The minimum Gasteiger partial charge on any atom is -0.495 e. The molecule has 1 aromatic heterocycles. The maximum Gasteiger partial charge on any atom is 0.261 e. The number of benzene rings is 3. The number of ether oxygens (including phenoxy) is 1. The fourth-order valence-electron chi connectivity index (χ4n) is 3.02. The standard InChI is InChI=1S/C23H21N3O4S3/c1-15-7-10-17(11-8-15)33(28,29)26-16-9-12-19-21(13-16)32-23(25-19)31-14-22(27)24-18-5-3-4-6-20(18)30-2/h3-13,26H,14H2,1-2H3,(H,24,27). The van der Waals surface area contributed by atoms with Gasteiger partial charge >= 0.3 is 0 Å². The molecule has 0 saturated carbocycles. The van der Waals surface area contributed by atoms with Crippen molar-refractivity contribution in [1.29, 1.82) is 0 Å². The lowest BCUT2D eigenvalue weighted by Crippen LogP contribution is -2.14. The number of aryl methyl sites for hydroxylation is 1. The van der Waals surface area contributed by atoms with Gasteiger partial charge in [0.25, 0.3) is 10.0 Å². The molecule has 0 unspecified atom stereocenters. The molecule has 1 heterocycles. The number of hydrogen-bond acceptors (Lipinski definition) is 7. The van der Waals surface area contributed by atoms with Gasteiger partial charge in [-0.25, -0.2) is 13.4 Å². The Labute approximate surface area is 200 Å². The number of thiazole rings is 1. The summed E-state index contributed by atoms with van der Waals surface area (Å²) in [5.41, 5.74) is 2.80. The number of thioether (sulfide) groups is 1. The Hall–Kier alpha value is -3.08. The van der Waals surface area contributed by atoms with Crippen LogP contribution < -0.4 is 14.8 Å². The number of amides is 1. The molecule has 4 rings (SSSR count). The van der Waals surface area contributed by atoms with Gasteiger partial charge in [0.15, 0.2) is 4.34 Å². The Morgan fingerprint density at radius 1 is 1.09 bits per heavy atom. The van der Waals surface area contributed by atoms with Crippen LogP contribution in [-0.2, 0) is 14.8 Å². The zero-order valence-corrected chi connectivity index (χ0v) is 20.3. The van der Waals surface area contributed by atoms with Gasteiger partial charge in [-0.05, 0) is 49.4 Å². The van der Waals surface area contributed by atoms with Gasteiger partial charge in [-0.15, -0.1) is 11.3 Å². The highest BCUT2D eigenvalue weighted by atomic mass is 32.2. The first-order valence-corrected chi connectivity index (χ1v) is 13.2. The number of fused-ring (bicyclic) bond motifs is 1. The molecule has 0 spiro atoms. The number of rotatable bonds is 8. The highest BCUT2D eigenvalue weighted by Crippen LogP contribution is 2.32. The Balaban J connectivity index is 1.42. The Morgan fingerprint density at radius 2 is 1.85 bits per heavy atom. The van der Waals surface area contributed by atoms with Crippen LogP contribution in [0.2, 0.25) is 0 Å². The van der Waals surface area contributed by atoms with Gasteiger partial charge in [-0.1, -0.05) is 41.6 Å². The van der Waals surface area contributed by atoms with Gasteiger partial charge < -0.3 is 10.1 Å². The second-order valence-corrected chi connectivity index (χ2v) is 11.1. The van der Waals surface area contributed by atoms with E-state index in [4.69, 9.17) is 4.74 Å². The lowest BCUT2D eigenvalue weighted by Gasteiger charge is -2.09. The van der Waals surface area contributed by atoms with Crippen molar-refractivity contribution >= 4 is 60.6 Å². The lowest BCUT2D eigenvalue weighted by molar-refractivity contribution is -0.113. The average molecular weight is 500 g/mol. The summed E-state index contributed by atoms with van der Waals surface area (Å²) in [5, 5.41) is 2.83. The third-order valence-electron chi connectivity index (χ3n) is 4.66. The molecule has 3 aromatic carbocycles. The van der Waals surface area contributed by atoms with E-state index in [0.29, 0.717) is 17.1 Å². The predicted octanol–water partition coefficient (Wildman–Crippen LogP) is 5.14. The number of hydrogen-bond donors (Lipinski definition) is 2. The molecule has 0 radical (unpaired) electrons. The number of anilines is 2. The smallest absolute Gasteiger partial charge is 0.261 e. The topological polar surface area (TPSA) is 97.4 Å². The fraction of sp³-hybridized carbons (Fsp3) is 0.130. The molecule has 0 saturated heterocycles. The fourth-order valence-corrected chi connectivity index (χ4v) is 5.98. The van der Waals surface area contributed by atoms with Gasteiger partial charge in [0, 0.05) is 0 Å². The van der Waals surface area contributed by atoms with Gasteiger partial charge in [0.2, 0.25) is 5.91 Å². The molecule has 0 aliphatic carbocycles. The SMILES string of the molecule is COc1ccccc1NC(=O)CSc1nc2ccc(NS(=O)(=O)c3ccc(C)cc3)cc2s1. The van der Waals surface area contributed by atoms with E-state index in [1.54, 1.807) is 61.7 Å². The summed E-state index contributed by atoms with van der Waals surface area (Å²) in [6, 6.07) is 19.1. The molecule has 4 aromatic rings. The largest absolute Gasteiger partial charge is 0.495 e. The van der Waals surface area contributed by atoms with Crippen LogP contribution in [0, 0.1) is 6.92 Å². The highest BCUT2D eigenvalue weighted by Gasteiger charge is 2.15. The molecule has 1 amide bonds. The van der Waals surface area contributed by atoms with E-state index < -0.39 is 10.0 Å². The average Bonchev–Trinajstić information content (AvgIpc) is 3.20. The Morgan fingerprint density at radius 3 is 2.61 bits per heavy atom. The monoisotopic (exact) mass is 499 g/mol. The van der Waals surface area contributed by atoms with Crippen LogP contribution >= 0.6 is 23.1 Å². The maximum absolute atomic E-state index is 12.6. The van der Waals surface area contributed by atoms with E-state index in [0.717, 1.165) is 20.1 Å². The van der Waals surface area contributed by atoms with E-state index in [1.165, 1.54) is 23.1 Å². The van der Waals surface area contributed by atoms with Crippen molar-refractivity contribution in [3.05, 3.63) is 72.3 Å². The zero-order chi connectivity index (χ0) is 23.4. The summed E-state index contributed by atoms with van der Waals surface area (Å²) in [6.07, 6.45) is 0. The van der Waals surface area contributed by atoms with E-state index in [-0.39, 0.29) is 16.6 Å². The van der Waals surface area contributed by atoms with Gasteiger partial charge in [-0.3, -0.25) is 9.52 Å². The molecule has 0 aliphatic rings. The first-order valence-electron chi connectivity index (χ1n) is 9.90. The second-order valence-electron chi connectivity index (χ2n) is 7.12. The molecule has 7 nitrogen and oxygen atoms in total. The van der Waals surface area contributed by atoms with Crippen LogP contribution in [0.3, 0.4) is 0 Å². The van der Waals surface area contributed by atoms with Gasteiger partial charge in [0.1, 0.15) is 5.75 Å². The normalized spacial score (nSPS) is 11.3. The number of aromatic nitrogens is 1. The summed E-state index contributed by atoms with van der Waals surface area (Å²) in [5.74, 6) is 0.608. The number of sulfonamides is 1. The van der Waals surface area contributed by atoms with Crippen LogP contribution in [-0.4, -0.2) is 32.2 Å². The number of nitrogens with zero attached hydrogens (tertiary/aromatic N) is 1. The molecule has 0 bridgehead atoms. The zero-order valence-electron chi connectivity index (χ0n) is 17.9. The molecular weight excluding hydrogens is 478 g/mol. The van der Waals surface area contributed by atoms with E-state index >= 15 is 0 Å². The maximum atomic E-state index is 12.6. The minimum absolute atomic E-state index is 0.171. The third-order valence-corrected chi connectivity index (χ3v) is 8.22. The number of carbonyl (C=O) groups is 1. The lowest BCUT2D eigenvalue weighted by atomic mass is 10.2. The Kier molecular flexibility index (Phi) is 6.87. The third kappa shape index (κ3) is 5.65. The van der Waals surface area contributed by atoms with Crippen LogP contribution in [0.5, 0.6) is 5.75 Å². The van der Waals surface area contributed by atoms with Crippen molar-refractivity contribution in [1.82, 2.24) is 4.98 Å². The molecule has 0 atom stereocenters. The van der Waals surface area contributed by atoms with E-state index in [1.807, 2.05) is 19.1 Å². The van der Waals surface area contributed by atoms with Crippen LogP contribution in [0.15, 0.2) is 76.0 Å². The van der Waals surface area contributed by atoms with Crippen molar-refractivity contribution in [3.8, 4) is 5.75 Å². The summed E-state index contributed by atoms with van der Waals surface area (Å²) in [4.78, 5) is 17.1. The molecule has 0 fully saturated rings. The quantitative estimate of drug-likeness (QED) is 0.326. The van der Waals surface area contributed by atoms with Crippen molar-refractivity contribution in [2.45, 2.75) is 16.2 Å². The molecular formula is C23H21N3O4S3. The first kappa shape index (κ1) is 23.1. The molecule has 170 valence electrons. The van der Waals surface area contributed by atoms with Crippen molar-refractivity contribution in [2.75, 3.05) is 22.9 Å². The molecule has 0 aliphatic heterocycles. The van der Waals surface area contributed by atoms with Crippen molar-refractivity contribution < 1.29 is 17.9 Å². The molecule has 33 heavy (non-hydrogen) atoms. The van der Waals surface area contributed by atoms with E-state index in [2.05, 4.69) is 15.0 Å². The minimum atomic E-state index is -3.68. The molecule has 10 heteroatoms. The molecule has 2 N–H and O–H groups in total. The van der Waals surface area contributed by atoms with Crippen LogP contribution in [0.4, 0.5) is 11.4 Å². The van der Waals surface area contributed by atoms with E-state index in [9.17, 15) is 13.2 Å². The summed E-state index contributed by atoms with van der Waals surface area (Å²) in [7, 11) is -2.13. The summed E-state index contributed by atoms with van der Waals surface area (Å²) < 4.78 is 34.7. The van der Waals surface area contributed by atoms with Crippen LogP contribution in [0.25, 0.3) is 10.2 Å². The van der Waals surface area contributed by atoms with Crippen molar-refractivity contribution in [2.24, 2.45) is 0 Å². The number of methoxy groups -OCH3 is 1. The summed E-state index contributed by atoms with van der Waals surface area (Å²) >= 11 is 2.72. The summed E-state index contributed by atoms with van der Waals surface area (Å²) in [6.45, 7) is 1.90. The van der Waals surface area contributed by atoms with Crippen molar-refractivity contribution in [3.63, 3.8) is 0 Å². The predicted molar refractivity (Wildman–Crippen MR) is 134 cm³/mol. The Bertz CT molecular complexity index is 1400.